The van der Waals surface area contributed by atoms with Gasteiger partial charge in [0.15, 0.2) is 6.19 Å². The lowest BCUT2D eigenvalue weighted by molar-refractivity contribution is -0.134. The molecule has 1 unspecified atom stereocenters. The molecule has 1 fully saturated rings. The number of piperazine rings is 1. The third-order valence-corrected chi connectivity index (χ3v) is 6.31. The molecular formula is C27H25Cl3N6O3. The first-order valence-electron chi connectivity index (χ1n) is 11.7. The van der Waals surface area contributed by atoms with Crippen LogP contribution in [0.3, 0.4) is 0 Å². The molecule has 1 atom stereocenters. The molecule has 0 radical (unpaired) electrons. The predicted molar refractivity (Wildman–Crippen MR) is 154 cm³/mol. The molecule has 202 valence electrons. The number of aliphatic imine (C=N–C) groups is 1. The number of hydrogen-bond acceptors (Lipinski definition) is 4. The van der Waals surface area contributed by atoms with Gasteiger partial charge in [0.05, 0.1) is 16.8 Å². The van der Waals surface area contributed by atoms with Gasteiger partial charge in [-0.1, -0.05) is 65.1 Å². The fourth-order valence-corrected chi connectivity index (χ4v) is 4.40. The van der Waals surface area contributed by atoms with E-state index in [0.717, 1.165) is 12.5 Å². The summed E-state index contributed by atoms with van der Waals surface area (Å²) in [7, 11) is 0. The zero-order chi connectivity index (χ0) is 28.4. The largest absolute Gasteiger partial charge is 0.481 e. The van der Waals surface area contributed by atoms with E-state index in [1.807, 2.05) is 41.4 Å². The van der Waals surface area contributed by atoms with Gasteiger partial charge in [0.2, 0.25) is 5.96 Å². The number of nitrogens with one attached hydrogen (secondary N) is 2. The molecule has 1 heterocycles. The second-order valence-electron chi connectivity index (χ2n) is 8.29. The minimum atomic E-state index is -0.833. The van der Waals surface area contributed by atoms with Crippen LogP contribution in [0.4, 0.5) is 16.2 Å². The number of nitriles is 1. The van der Waals surface area contributed by atoms with Crippen molar-refractivity contribution in [3.63, 3.8) is 0 Å². The Morgan fingerprint density at radius 3 is 2.26 bits per heavy atom. The summed E-state index contributed by atoms with van der Waals surface area (Å²) in [5.74, 6) is -0.490. The van der Waals surface area contributed by atoms with Crippen LogP contribution in [0.15, 0.2) is 77.8 Å². The zero-order valence-corrected chi connectivity index (χ0v) is 23.1. The third kappa shape index (κ3) is 8.79. The Morgan fingerprint density at radius 2 is 1.64 bits per heavy atom. The topological polar surface area (TPSA) is 121 Å². The van der Waals surface area contributed by atoms with Crippen LogP contribution in [0.1, 0.15) is 18.5 Å². The number of carbonyl (C=O) groups excluding carboxylic acids is 1. The van der Waals surface area contributed by atoms with Crippen LogP contribution in [0.2, 0.25) is 15.1 Å². The van der Waals surface area contributed by atoms with E-state index in [1.165, 1.54) is 0 Å². The van der Waals surface area contributed by atoms with Crippen molar-refractivity contribution in [2.45, 2.75) is 13.0 Å². The van der Waals surface area contributed by atoms with Crippen molar-refractivity contribution in [3.8, 4) is 6.19 Å². The molecule has 2 amide bonds. The number of guanidine groups is 1. The molecule has 1 aliphatic heterocycles. The number of urea groups is 1. The fourth-order valence-electron chi connectivity index (χ4n) is 3.82. The highest BCUT2D eigenvalue weighted by atomic mass is 35.5. The van der Waals surface area contributed by atoms with Crippen molar-refractivity contribution >= 4 is 64.1 Å². The molecule has 0 bridgehead atoms. The van der Waals surface area contributed by atoms with Crippen LogP contribution < -0.4 is 10.6 Å². The van der Waals surface area contributed by atoms with Gasteiger partial charge in [-0.05, 0) is 48.0 Å². The minimum absolute atomic E-state index is 0.228. The van der Waals surface area contributed by atoms with Crippen LogP contribution in [-0.2, 0) is 4.79 Å². The predicted octanol–water partition coefficient (Wildman–Crippen LogP) is 6.39. The molecule has 39 heavy (non-hydrogen) atoms. The molecule has 3 aromatic rings. The molecule has 1 saturated heterocycles. The van der Waals surface area contributed by atoms with Crippen molar-refractivity contribution in [1.82, 2.24) is 15.1 Å². The van der Waals surface area contributed by atoms with E-state index in [4.69, 9.17) is 44.7 Å². The van der Waals surface area contributed by atoms with Gasteiger partial charge in [-0.3, -0.25) is 10.1 Å². The van der Waals surface area contributed by atoms with E-state index in [1.54, 1.807) is 47.4 Å². The van der Waals surface area contributed by atoms with E-state index < -0.39 is 5.97 Å². The number of benzene rings is 3. The lowest BCUT2D eigenvalue weighted by Gasteiger charge is -2.42. The standard InChI is InChI=1S/C25H21Cl3N6O.C2H4O2/c26-18-6-9-20(10-7-18)31-25(35)34-13-12-33(15-23(34)17-4-2-1-3-5-17)24(30-16-29)32-22-11-8-19(27)14-21(22)28;1-2(3)4/h1-11,14,23H,12-13,15H2,(H,30,32)(H,31,35);1H3,(H,3,4). The Morgan fingerprint density at radius 1 is 1.00 bits per heavy atom. The number of nitrogens with zero attached hydrogens (tertiary/aromatic N) is 4. The minimum Gasteiger partial charge on any atom is -0.481 e. The number of carboxylic acid groups (broad SMARTS) is 1. The average Bonchev–Trinajstić information content (AvgIpc) is 2.91. The first-order valence-corrected chi connectivity index (χ1v) is 12.8. The van der Waals surface area contributed by atoms with Crippen LogP contribution in [0.5, 0.6) is 0 Å². The van der Waals surface area contributed by atoms with Gasteiger partial charge in [0.1, 0.15) is 0 Å². The number of amides is 2. The Labute approximate surface area is 241 Å². The second kappa shape index (κ2) is 14.3. The molecule has 0 aromatic heterocycles. The number of anilines is 1. The monoisotopic (exact) mass is 586 g/mol. The second-order valence-corrected chi connectivity index (χ2v) is 9.57. The SMILES string of the molecule is CC(=O)O.N#CNC(=Nc1ccc(Cl)cc1Cl)N1CCN(C(=O)Nc2ccc(Cl)cc2)C(c2ccccc2)C1. The van der Waals surface area contributed by atoms with Gasteiger partial charge in [0.25, 0.3) is 5.97 Å². The smallest absolute Gasteiger partial charge is 0.322 e. The Kier molecular flexibility index (Phi) is 10.8. The molecule has 3 N–H and O–H groups in total. The van der Waals surface area contributed by atoms with Gasteiger partial charge >= 0.3 is 6.03 Å². The Hall–Kier alpha value is -3.97. The molecule has 0 saturated carbocycles. The van der Waals surface area contributed by atoms with E-state index in [2.05, 4.69) is 15.6 Å². The summed E-state index contributed by atoms with van der Waals surface area (Å²) in [6.07, 6.45) is 1.95. The zero-order valence-electron chi connectivity index (χ0n) is 20.8. The van der Waals surface area contributed by atoms with Gasteiger partial charge in [-0.15, -0.1) is 0 Å². The van der Waals surface area contributed by atoms with Gasteiger partial charge in [0, 0.05) is 42.3 Å². The molecule has 1 aliphatic rings. The fraction of sp³-hybridized carbons (Fsp3) is 0.185. The van der Waals surface area contributed by atoms with Crippen LogP contribution in [0.25, 0.3) is 0 Å². The van der Waals surface area contributed by atoms with Crippen LogP contribution in [-0.4, -0.2) is 52.5 Å². The van der Waals surface area contributed by atoms with Crippen molar-refractivity contribution in [2.75, 3.05) is 25.0 Å². The summed E-state index contributed by atoms with van der Waals surface area (Å²) < 4.78 is 0. The number of aliphatic carboxylic acids is 1. The lowest BCUT2D eigenvalue weighted by atomic mass is 10.0. The molecule has 0 aliphatic carbocycles. The normalized spacial score (nSPS) is 14.9. The first-order chi connectivity index (χ1) is 18.7. The van der Waals surface area contributed by atoms with Crippen molar-refractivity contribution in [1.29, 1.82) is 5.26 Å². The van der Waals surface area contributed by atoms with E-state index in [-0.39, 0.29) is 12.1 Å². The number of rotatable bonds is 3. The molecule has 4 rings (SSSR count). The maximum atomic E-state index is 13.2. The van der Waals surface area contributed by atoms with E-state index in [9.17, 15) is 10.1 Å². The average molecular weight is 588 g/mol. The van der Waals surface area contributed by atoms with Crippen LogP contribution in [0, 0.1) is 11.5 Å². The van der Waals surface area contributed by atoms with Gasteiger partial charge < -0.3 is 20.2 Å². The number of carbonyl (C=O) groups is 2. The maximum absolute atomic E-state index is 13.2. The van der Waals surface area contributed by atoms with Crippen molar-refractivity contribution < 1.29 is 14.7 Å². The molecule has 12 heteroatoms. The number of hydrogen-bond donors (Lipinski definition) is 3. The highest BCUT2D eigenvalue weighted by Crippen LogP contribution is 2.30. The van der Waals surface area contributed by atoms with Crippen LogP contribution >= 0.6 is 34.8 Å². The summed E-state index contributed by atoms with van der Waals surface area (Å²) >= 11 is 18.3. The number of carboxylic acids is 1. The van der Waals surface area contributed by atoms with Gasteiger partial charge in [-0.2, -0.15) is 5.26 Å². The Balaban J connectivity index is 0.000000983. The lowest BCUT2D eigenvalue weighted by Crippen LogP contribution is -2.55. The number of halogens is 3. The van der Waals surface area contributed by atoms with Crippen molar-refractivity contribution in [2.24, 2.45) is 4.99 Å². The Bertz CT molecular complexity index is 1360. The summed E-state index contributed by atoms with van der Waals surface area (Å²) in [6.45, 7) is 2.35. The molecule has 0 spiro atoms. The highest BCUT2D eigenvalue weighted by Gasteiger charge is 2.33. The summed E-state index contributed by atoms with van der Waals surface area (Å²) in [4.78, 5) is 30.5. The highest BCUT2D eigenvalue weighted by molar-refractivity contribution is 6.36. The molecule has 3 aromatic carbocycles. The first kappa shape index (κ1) is 29.6. The van der Waals surface area contributed by atoms with E-state index >= 15 is 0 Å². The summed E-state index contributed by atoms with van der Waals surface area (Å²) in [6, 6.07) is 21.1. The molecular weight excluding hydrogens is 563 g/mol. The maximum Gasteiger partial charge on any atom is 0.322 e. The van der Waals surface area contributed by atoms with E-state index in [0.29, 0.717) is 52.0 Å². The van der Waals surface area contributed by atoms with Crippen molar-refractivity contribution in [3.05, 3.63) is 93.4 Å². The van der Waals surface area contributed by atoms with Gasteiger partial charge in [-0.25, -0.2) is 9.79 Å². The summed E-state index contributed by atoms with van der Waals surface area (Å²) in [5.41, 5.74) is 2.09. The quantitative estimate of drug-likeness (QED) is 0.141. The summed E-state index contributed by atoms with van der Waals surface area (Å²) in [5, 5.41) is 23.8. The third-order valence-electron chi connectivity index (χ3n) is 5.52. The molecule has 9 nitrogen and oxygen atoms in total.